The Morgan fingerprint density at radius 1 is 1.56 bits per heavy atom. The van der Waals surface area contributed by atoms with Crippen LogP contribution in [0, 0.1) is 5.92 Å². The second-order valence-corrected chi connectivity index (χ2v) is 4.64. The van der Waals surface area contributed by atoms with Gasteiger partial charge in [-0.15, -0.1) is 0 Å². The number of pyridine rings is 1. The fraction of sp³-hybridized carbons (Fsp3) is 0.500. The summed E-state index contributed by atoms with van der Waals surface area (Å²) in [5.74, 6) is 0.589. The Hall–Kier alpha value is -1.16. The first-order valence-corrected chi connectivity index (χ1v) is 5.97. The SMILES string of the molecule is CCC(Nc1ccnc(C(N)=S)c1)C(C)C. The molecule has 1 unspecified atom stereocenters. The minimum absolute atomic E-state index is 0.334. The Balaban J connectivity index is 2.80. The predicted octanol–water partition coefficient (Wildman–Crippen LogP) is 2.56. The standard InChI is InChI=1S/C12H19N3S/c1-4-10(8(2)3)15-9-5-6-14-11(7-9)12(13)16/h5-8,10H,4H2,1-3H3,(H2,13,16)(H,14,15). The average Bonchev–Trinajstić information content (AvgIpc) is 2.25. The molecule has 0 fully saturated rings. The van der Waals surface area contributed by atoms with Gasteiger partial charge in [0.1, 0.15) is 4.99 Å². The van der Waals surface area contributed by atoms with Crippen molar-refractivity contribution in [2.45, 2.75) is 33.2 Å². The van der Waals surface area contributed by atoms with E-state index >= 15 is 0 Å². The molecule has 1 rings (SSSR count). The minimum Gasteiger partial charge on any atom is -0.388 e. The van der Waals surface area contributed by atoms with Crippen LogP contribution in [0.25, 0.3) is 0 Å². The number of nitrogens with zero attached hydrogens (tertiary/aromatic N) is 1. The second kappa shape index (κ2) is 5.80. The molecule has 0 radical (unpaired) electrons. The van der Waals surface area contributed by atoms with Crippen LogP contribution in [0.2, 0.25) is 0 Å². The summed E-state index contributed by atoms with van der Waals surface area (Å²) in [5.41, 5.74) is 7.24. The molecule has 0 aliphatic carbocycles. The number of nitrogens with one attached hydrogen (secondary N) is 1. The molecule has 0 aromatic carbocycles. The lowest BCUT2D eigenvalue weighted by Crippen LogP contribution is -2.24. The molecule has 88 valence electrons. The molecule has 0 saturated carbocycles. The summed E-state index contributed by atoms with van der Waals surface area (Å²) in [6.07, 6.45) is 2.81. The Morgan fingerprint density at radius 2 is 2.25 bits per heavy atom. The quantitative estimate of drug-likeness (QED) is 0.773. The van der Waals surface area contributed by atoms with Crippen LogP contribution in [0.5, 0.6) is 0 Å². The summed E-state index contributed by atoms with van der Waals surface area (Å²) in [7, 11) is 0. The predicted molar refractivity (Wildman–Crippen MR) is 72.7 cm³/mol. The van der Waals surface area contributed by atoms with Gasteiger partial charge >= 0.3 is 0 Å². The molecule has 0 aliphatic rings. The lowest BCUT2D eigenvalue weighted by atomic mass is 10.0. The van der Waals surface area contributed by atoms with Crippen molar-refractivity contribution in [2.24, 2.45) is 11.7 Å². The summed E-state index contributed by atoms with van der Waals surface area (Å²) >= 11 is 4.90. The highest BCUT2D eigenvalue weighted by molar-refractivity contribution is 7.80. The molecular weight excluding hydrogens is 218 g/mol. The van der Waals surface area contributed by atoms with Gasteiger partial charge in [-0.05, 0) is 24.5 Å². The number of hydrogen-bond donors (Lipinski definition) is 2. The monoisotopic (exact) mass is 237 g/mol. The van der Waals surface area contributed by atoms with Crippen LogP contribution in [0.1, 0.15) is 32.9 Å². The van der Waals surface area contributed by atoms with Crippen LogP contribution in [0.4, 0.5) is 5.69 Å². The smallest absolute Gasteiger partial charge is 0.122 e. The molecule has 1 aromatic rings. The van der Waals surface area contributed by atoms with Gasteiger partial charge in [0.2, 0.25) is 0 Å². The first-order valence-electron chi connectivity index (χ1n) is 5.57. The van der Waals surface area contributed by atoms with E-state index in [4.69, 9.17) is 18.0 Å². The number of thiocarbonyl (C=S) groups is 1. The van der Waals surface area contributed by atoms with Gasteiger partial charge in [0.05, 0.1) is 5.69 Å². The molecule has 0 spiro atoms. The third kappa shape index (κ3) is 3.45. The summed E-state index contributed by atoms with van der Waals surface area (Å²) in [6, 6.07) is 4.29. The van der Waals surface area contributed by atoms with Crippen molar-refractivity contribution >= 4 is 22.9 Å². The maximum Gasteiger partial charge on any atom is 0.122 e. The van der Waals surface area contributed by atoms with E-state index in [2.05, 4.69) is 31.1 Å². The Bertz CT molecular complexity index is 363. The summed E-state index contributed by atoms with van der Waals surface area (Å²) in [5, 5.41) is 3.47. The molecule has 4 heteroatoms. The van der Waals surface area contributed by atoms with Gasteiger partial charge in [0.25, 0.3) is 0 Å². The van der Waals surface area contributed by atoms with E-state index in [0.717, 1.165) is 12.1 Å². The zero-order valence-corrected chi connectivity index (χ0v) is 10.8. The van der Waals surface area contributed by atoms with E-state index in [1.54, 1.807) is 6.20 Å². The molecule has 0 aliphatic heterocycles. The zero-order valence-electron chi connectivity index (χ0n) is 10.0. The summed E-state index contributed by atoms with van der Waals surface area (Å²) in [6.45, 7) is 6.58. The number of anilines is 1. The highest BCUT2D eigenvalue weighted by atomic mass is 32.1. The van der Waals surface area contributed by atoms with Crippen LogP contribution in [-0.4, -0.2) is 16.0 Å². The molecule has 16 heavy (non-hydrogen) atoms. The second-order valence-electron chi connectivity index (χ2n) is 4.20. The number of nitrogens with two attached hydrogens (primary N) is 1. The van der Waals surface area contributed by atoms with Gasteiger partial charge in [-0.3, -0.25) is 4.98 Å². The number of aromatic nitrogens is 1. The van der Waals surface area contributed by atoms with Gasteiger partial charge in [-0.1, -0.05) is 33.0 Å². The minimum atomic E-state index is 0.334. The largest absolute Gasteiger partial charge is 0.388 e. The van der Waals surface area contributed by atoms with Crippen molar-refractivity contribution in [1.29, 1.82) is 0 Å². The van der Waals surface area contributed by atoms with Crippen LogP contribution in [-0.2, 0) is 0 Å². The van der Waals surface area contributed by atoms with Crippen LogP contribution < -0.4 is 11.1 Å². The molecule has 0 saturated heterocycles. The maximum atomic E-state index is 5.55. The summed E-state index contributed by atoms with van der Waals surface area (Å²) in [4.78, 5) is 4.45. The van der Waals surface area contributed by atoms with Crippen LogP contribution in [0.15, 0.2) is 18.3 Å². The van der Waals surface area contributed by atoms with E-state index in [1.807, 2.05) is 12.1 Å². The topological polar surface area (TPSA) is 50.9 Å². The fourth-order valence-corrected chi connectivity index (χ4v) is 1.72. The van der Waals surface area contributed by atoms with Crippen molar-refractivity contribution in [3.63, 3.8) is 0 Å². The highest BCUT2D eigenvalue weighted by Gasteiger charge is 2.10. The first-order chi connectivity index (χ1) is 7.54. The molecule has 1 heterocycles. The Morgan fingerprint density at radius 3 is 2.75 bits per heavy atom. The fourth-order valence-electron chi connectivity index (χ4n) is 1.61. The molecule has 1 atom stereocenters. The van der Waals surface area contributed by atoms with E-state index < -0.39 is 0 Å². The van der Waals surface area contributed by atoms with Gasteiger partial charge in [-0.2, -0.15) is 0 Å². The van der Waals surface area contributed by atoms with Crippen LogP contribution in [0.3, 0.4) is 0 Å². The van der Waals surface area contributed by atoms with Crippen molar-refractivity contribution in [3.8, 4) is 0 Å². The highest BCUT2D eigenvalue weighted by Crippen LogP contribution is 2.15. The zero-order chi connectivity index (χ0) is 12.1. The lowest BCUT2D eigenvalue weighted by molar-refractivity contribution is 0.511. The Labute approximate surface area is 102 Å². The van der Waals surface area contributed by atoms with E-state index in [9.17, 15) is 0 Å². The third-order valence-corrected chi connectivity index (χ3v) is 2.82. The molecular formula is C12H19N3S. The maximum absolute atomic E-state index is 5.55. The number of rotatable bonds is 5. The van der Waals surface area contributed by atoms with Crippen molar-refractivity contribution in [3.05, 3.63) is 24.0 Å². The molecule has 3 N–H and O–H groups in total. The van der Waals surface area contributed by atoms with E-state index in [0.29, 0.717) is 22.6 Å². The first kappa shape index (κ1) is 12.9. The Kier molecular flexibility index (Phi) is 4.68. The number of hydrogen-bond acceptors (Lipinski definition) is 3. The van der Waals surface area contributed by atoms with Crippen LogP contribution >= 0.6 is 12.2 Å². The molecule has 1 aromatic heterocycles. The van der Waals surface area contributed by atoms with E-state index in [1.165, 1.54) is 0 Å². The van der Waals surface area contributed by atoms with Gasteiger partial charge in [-0.25, -0.2) is 0 Å². The molecule has 3 nitrogen and oxygen atoms in total. The summed E-state index contributed by atoms with van der Waals surface area (Å²) < 4.78 is 0. The van der Waals surface area contributed by atoms with E-state index in [-0.39, 0.29) is 0 Å². The van der Waals surface area contributed by atoms with Gasteiger partial charge < -0.3 is 11.1 Å². The third-order valence-electron chi connectivity index (χ3n) is 2.61. The molecule has 0 bridgehead atoms. The van der Waals surface area contributed by atoms with Gasteiger partial charge in [0, 0.05) is 17.9 Å². The van der Waals surface area contributed by atoms with Crippen molar-refractivity contribution in [1.82, 2.24) is 4.98 Å². The normalized spacial score (nSPS) is 12.5. The van der Waals surface area contributed by atoms with Crippen molar-refractivity contribution in [2.75, 3.05) is 5.32 Å². The van der Waals surface area contributed by atoms with Gasteiger partial charge in [0.15, 0.2) is 0 Å². The average molecular weight is 237 g/mol. The lowest BCUT2D eigenvalue weighted by Gasteiger charge is -2.22. The van der Waals surface area contributed by atoms with Crippen molar-refractivity contribution < 1.29 is 0 Å². The molecule has 0 amide bonds.